The van der Waals surface area contributed by atoms with E-state index < -0.39 is 27.5 Å². The SMILES string of the molecule is CC(=O)c1nc(Cl)c([N+](=O)[O-])cc1C(=O)Nc1ccccc1. The normalized spacial score (nSPS) is 10.1. The average molecular weight is 320 g/mol. The molecule has 0 aliphatic carbocycles. The summed E-state index contributed by atoms with van der Waals surface area (Å²) in [7, 11) is 0. The Bertz CT molecular complexity index is 762. The number of hydrogen-bond donors (Lipinski definition) is 1. The van der Waals surface area contributed by atoms with Gasteiger partial charge in [0.1, 0.15) is 5.69 Å². The highest BCUT2D eigenvalue weighted by atomic mass is 35.5. The first-order valence-electron chi connectivity index (χ1n) is 6.12. The Hall–Kier alpha value is -2.80. The summed E-state index contributed by atoms with van der Waals surface area (Å²) in [4.78, 5) is 37.6. The lowest BCUT2D eigenvalue weighted by atomic mass is 10.1. The molecular formula is C14H10ClN3O4. The quantitative estimate of drug-likeness (QED) is 0.404. The summed E-state index contributed by atoms with van der Waals surface area (Å²) in [6.45, 7) is 1.20. The van der Waals surface area contributed by atoms with Crippen LogP contribution in [0.2, 0.25) is 5.15 Å². The molecule has 0 unspecified atom stereocenters. The largest absolute Gasteiger partial charge is 0.322 e. The number of carbonyl (C=O) groups is 2. The van der Waals surface area contributed by atoms with Gasteiger partial charge in [-0.3, -0.25) is 19.7 Å². The Balaban J connectivity index is 2.47. The van der Waals surface area contributed by atoms with Crippen molar-refractivity contribution < 1.29 is 14.5 Å². The maximum atomic E-state index is 12.3. The summed E-state index contributed by atoms with van der Waals surface area (Å²) in [5.41, 5.74) is -0.471. The lowest BCUT2D eigenvalue weighted by Gasteiger charge is -2.08. The minimum atomic E-state index is -0.765. The second-order valence-electron chi connectivity index (χ2n) is 4.33. The van der Waals surface area contributed by atoms with Crippen LogP contribution >= 0.6 is 11.6 Å². The molecule has 2 rings (SSSR count). The molecule has 0 spiro atoms. The molecule has 1 heterocycles. The fourth-order valence-electron chi connectivity index (χ4n) is 1.77. The molecule has 0 saturated carbocycles. The standard InChI is InChI=1S/C14H10ClN3O4/c1-8(19)12-10(7-11(18(21)22)13(15)17-12)14(20)16-9-5-3-2-4-6-9/h2-7H,1H3,(H,16,20). The predicted octanol–water partition coefficient (Wildman–Crippen LogP) is 3.10. The number of para-hydroxylation sites is 1. The topological polar surface area (TPSA) is 102 Å². The van der Waals surface area contributed by atoms with Gasteiger partial charge in [-0.2, -0.15) is 0 Å². The number of aromatic nitrogens is 1. The van der Waals surface area contributed by atoms with Gasteiger partial charge in [-0.15, -0.1) is 0 Å². The highest BCUT2D eigenvalue weighted by Crippen LogP contribution is 2.26. The first kappa shape index (κ1) is 15.6. The second-order valence-corrected chi connectivity index (χ2v) is 4.69. The molecule has 2 aromatic rings. The van der Waals surface area contributed by atoms with E-state index in [0.717, 1.165) is 6.07 Å². The molecule has 0 radical (unpaired) electrons. The Kier molecular flexibility index (Phi) is 4.47. The zero-order chi connectivity index (χ0) is 16.3. The number of nitro groups is 1. The van der Waals surface area contributed by atoms with Crippen molar-refractivity contribution in [2.75, 3.05) is 5.32 Å². The molecular weight excluding hydrogens is 310 g/mol. The lowest BCUT2D eigenvalue weighted by molar-refractivity contribution is -0.385. The molecule has 22 heavy (non-hydrogen) atoms. The number of pyridine rings is 1. The third-order valence-electron chi connectivity index (χ3n) is 2.76. The number of Topliss-reactive ketones (excluding diaryl/α,β-unsaturated/α-hetero) is 1. The highest BCUT2D eigenvalue weighted by molar-refractivity contribution is 6.32. The molecule has 0 aliphatic heterocycles. The van der Waals surface area contributed by atoms with Crippen molar-refractivity contribution in [1.82, 2.24) is 4.98 Å². The summed E-state index contributed by atoms with van der Waals surface area (Å²) >= 11 is 5.67. The van der Waals surface area contributed by atoms with Crippen molar-refractivity contribution in [3.05, 3.63) is 62.9 Å². The number of ketones is 1. The zero-order valence-electron chi connectivity index (χ0n) is 11.4. The maximum Gasteiger partial charge on any atom is 0.307 e. The monoisotopic (exact) mass is 319 g/mol. The van der Waals surface area contributed by atoms with E-state index in [4.69, 9.17) is 11.6 Å². The Labute approximate surface area is 130 Å². The summed E-state index contributed by atoms with van der Waals surface area (Å²) < 4.78 is 0. The van der Waals surface area contributed by atoms with Gasteiger partial charge in [0.2, 0.25) is 5.15 Å². The van der Waals surface area contributed by atoms with Gasteiger partial charge < -0.3 is 5.32 Å². The number of nitrogens with zero attached hydrogens (tertiary/aromatic N) is 2. The Morgan fingerprint density at radius 1 is 1.27 bits per heavy atom. The third kappa shape index (κ3) is 3.26. The first-order chi connectivity index (χ1) is 10.4. The van der Waals surface area contributed by atoms with Gasteiger partial charge in [-0.25, -0.2) is 4.98 Å². The van der Waals surface area contributed by atoms with Crippen molar-refractivity contribution in [3.63, 3.8) is 0 Å². The predicted molar refractivity (Wildman–Crippen MR) is 80.3 cm³/mol. The molecule has 1 aromatic carbocycles. The van der Waals surface area contributed by atoms with Gasteiger partial charge in [0.05, 0.1) is 10.5 Å². The fourth-order valence-corrected chi connectivity index (χ4v) is 1.98. The van der Waals surface area contributed by atoms with Crippen LogP contribution in [0, 0.1) is 10.1 Å². The van der Waals surface area contributed by atoms with Crippen LogP contribution in [0.25, 0.3) is 0 Å². The number of halogens is 1. The van der Waals surface area contributed by atoms with Gasteiger partial charge in [0, 0.05) is 18.7 Å². The van der Waals surface area contributed by atoms with Crippen LogP contribution in [-0.2, 0) is 0 Å². The van der Waals surface area contributed by atoms with E-state index in [1.165, 1.54) is 6.92 Å². The van der Waals surface area contributed by atoms with Gasteiger partial charge in [-0.1, -0.05) is 29.8 Å². The van der Waals surface area contributed by atoms with E-state index in [0.29, 0.717) is 5.69 Å². The molecule has 8 heteroatoms. The molecule has 1 amide bonds. The van der Waals surface area contributed by atoms with E-state index in [1.807, 2.05) is 0 Å². The lowest BCUT2D eigenvalue weighted by Crippen LogP contribution is -2.17. The van der Waals surface area contributed by atoms with Crippen molar-refractivity contribution in [3.8, 4) is 0 Å². The van der Waals surface area contributed by atoms with E-state index in [2.05, 4.69) is 10.3 Å². The maximum absolute atomic E-state index is 12.3. The number of nitrogens with one attached hydrogen (secondary N) is 1. The van der Waals surface area contributed by atoms with Crippen LogP contribution in [0.15, 0.2) is 36.4 Å². The Morgan fingerprint density at radius 2 is 1.91 bits per heavy atom. The third-order valence-corrected chi connectivity index (χ3v) is 3.04. The van der Waals surface area contributed by atoms with E-state index >= 15 is 0 Å². The van der Waals surface area contributed by atoms with Crippen molar-refractivity contribution >= 4 is 34.7 Å². The first-order valence-corrected chi connectivity index (χ1v) is 6.50. The van der Waals surface area contributed by atoms with Gasteiger partial charge in [-0.05, 0) is 12.1 Å². The summed E-state index contributed by atoms with van der Waals surface area (Å²) in [5, 5.41) is 13.0. The Morgan fingerprint density at radius 3 is 2.45 bits per heavy atom. The van der Waals surface area contributed by atoms with Crippen LogP contribution in [0.5, 0.6) is 0 Å². The molecule has 0 atom stereocenters. The smallest absolute Gasteiger partial charge is 0.307 e. The number of anilines is 1. The second kappa shape index (κ2) is 6.31. The van der Waals surface area contributed by atoms with Crippen molar-refractivity contribution in [2.45, 2.75) is 6.92 Å². The minimum Gasteiger partial charge on any atom is -0.322 e. The molecule has 0 fully saturated rings. The average Bonchev–Trinajstić information content (AvgIpc) is 2.47. The van der Waals surface area contributed by atoms with Gasteiger partial charge >= 0.3 is 5.69 Å². The molecule has 1 aromatic heterocycles. The number of carbonyl (C=O) groups excluding carboxylic acids is 2. The van der Waals surface area contributed by atoms with Crippen LogP contribution in [-0.4, -0.2) is 21.6 Å². The van der Waals surface area contributed by atoms with Crippen molar-refractivity contribution in [2.24, 2.45) is 0 Å². The molecule has 1 N–H and O–H groups in total. The van der Waals surface area contributed by atoms with Gasteiger partial charge in [0.25, 0.3) is 5.91 Å². The zero-order valence-corrected chi connectivity index (χ0v) is 12.1. The fraction of sp³-hybridized carbons (Fsp3) is 0.0714. The number of rotatable bonds is 4. The molecule has 0 aliphatic rings. The van der Waals surface area contributed by atoms with E-state index in [9.17, 15) is 19.7 Å². The molecule has 7 nitrogen and oxygen atoms in total. The van der Waals surface area contributed by atoms with Crippen LogP contribution in [0.3, 0.4) is 0 Å². The van der Waals surface area contributed by atoms with Crippen molar-refractivity contribution in [1.29, 1.82) is 0 Å². The van der Waals surface area contributed by atoms with Crippen LogP contribution < -0.4 is 5.32 Å². The molecule has 0 bridgehead atoms. The summed E-state index contributed by atoms with van der Waals surface area (Å²) in [6.07, 6.45) is 0. The van der Waals surface area contributed by atoms with Crippen LogP contribution in [0.4, 0.5) is 11.4 Å². The molecule has 0 saturated heterocycles. The van der Waals surface area contributed by atoms with Gasteiger partial charge in [0.15, 0.2) is 5.78 Å². The minimum absolute atomic E-state index is 0.201. The van der Waals surface area contributed by atoms with E-state index in [-0.39, 0.29) is 11.3 Å². The number of amides is 1. The summed E-state index contributed by atoms with van der Waals surface area (Å²) in [6, 6.07) is 9.43. The van der Waals surface area contributed by atoms with Crippen LogP contribution in [0.1, 0.15) is 27.8 Å². The molecule has 112 valence electrons. The number of benzene rings is 1. The summed E-state index contributed by atoms with van der Waals surface area (Å²) in [5.74, 6) is -1.20. The van der Waals surface area contributed by atoms with E-state index in [1.54, 1.807) is 30.3 Å². The highest BCUT2D eigenvalue weighted by Gasteiger charge is 2.24. The number of hydrogen-bond acceptors (Lipinski definition) is 5.